The van der Waals surface area contributed by atoms with Crippen LogP contribution < -0.4 is 14.2 Å². The highest BCUT2D eigenvalue weighted by Crippen LogP contribution is 2.20. The maximum Gasteiger partial charge on any atom is 0.343 e. The number of rotatable bonds is 11. The highest BCUT2D eigenvalue weighted by atomic mass is 16.6. The molecule has 6 nitrogen and oxygen atoms in total. The molecule has 28 heavy (non-hydrogen) atoms. The van der Waals surface area contributed by atoms with Crippen molar-refractivity contribution in [3.05, 3.63) is 66.7 Å². The van der Waals surface area contributed by atoms with E-state index in [1.54, 1.807) is 48.5 Å². The van der Waals surface area contributed by atoms with Crippen molar-refractivity contribution in [2.75, 3.05) is 19.8 Å². The predicted molar refractivity (Wildman–Crippen MR) is 105 cm³/mol. The Balaban J connectivity index is 1.80. The lowest BCUT2D eigenvalue weighted by molar-refractivity contribution is -0.138. The van der Waals surface area contributed by atoms with Crippen LogP contribution in [0.5, 0.6) is 17.2 Å². The lowest BCUT2D eigenvalue weighted by Gasteiger charge is -2.09. The molecule has 6 heteroatoms. The Labute approximate surface area is 164 Å². The van der Waals surface area contributed by atoms with Crippen LogP contribution in [0, 0.1) is 0 Å². The minimum absolute atomic E-state index is 0.118. The molecule has 0 spiro atoms. The first-order chi connectivity index (χ1) is 13.6. The molecule has 0 aliphatic heterocycles. The minimum atomic E-state index is -0.498. The van der Waals surface area contributed by atoms with E-state index >= 15 is 0 Å². The van der Waals surface area contributed by atoms with Gasteiger partial charge in [0.15, 0.2) is 0 Å². The topological polar surface area (TPSA) is 71.1 Å². The quantitative estimate of drug-likeness (QED) is 0.250. The molecule has 0 aromatic heterocycles. The van der Waals surface area contributed by atoms with Crippen LogP contribution >= 0.6 is 0 Å². The van der Waals surface area contributed by atoms with E-state index in [-0.39, 0.29) is 13.2 Å². The molecular formula is C22H24O6. The molecule has 2 aromatic carbocycles. The first-order valence-corrected chi connectivity index (χ1v) is 9.09. The molecule has 0 bridgehead atoms. The molecule has 0 aliphatic carbocycles. The van der Waals surface area contributed by atoms with E-state index in [9.17, 15) is 9.59 Å². The Morgan fingerprint density at radius 3 is 2.04 bits per heavy atom. The highest BCUT2D eigenvalue weighted by molar-refractivity contribution is 5.91. The number of benzene rings is 2. The van der Waals surface area contributed by atoms with E-state index in [4.69, 9.17) is 18.9 Å². The molecule has 0 heterocycles. The molecule has 0 radical (unpaired) electrons. The van der Waals surface area contributed by atoms with Crippen LogP contribution in [0.25, 0.3) is 0 Å². The van der Waals surface area contributed by atoms with E-state index in [1.807, 2.05) is 0 Å². The zero-order valence-corrected chi connectivity index (χ0v) is 15.9. The number of hydrogen-bond donors (Lipinski definition) is 0. The SMILES string of the molecule is C=CC(=O)OCCOc1ccc(C(=O)Oc2ccc(OCCCC)cc2)cc1. The molecule has 0 amide bonds. The maximum absolute atomic E-state index is 12.2. The summed E-state index contributed by atoms with van der Waals surface area (Å²) in [5, 5.41) is 0. The molecular weight excluding hydrogens is 360 g/mol. The van der Waals surface area contributed by atoms with E-state index in [2.05, 4.69) is 13.5 Å². The molecule has 148 valence electrons. The van der Waals surface area contributed by atoms with Gasteiger partial charge in [-0.15, -0.1) is 0 Å². The summed E-state index contributed by atoms with van der Waals surface area (Å²) in [7, 11) is 0. The summed E-state index contributed by atoms with van der Waals surface area (Å²) in [6, 6.07) is 13.4. The molecule has 2 aromatic rings. The summed E-state index contributed by atoms with van der Waals surface area (Å²) < 4.78 is 21.2. The van der Waals surface area contributed by atoms with Gasteiger partial charge in [-0.2, -0.15) is 0 Å². The van der Waals surface area contributed by atoms with Crippen LogP contribution in [-0.2, 0) is 9.53 Å². The van der Waals surface area contributed by atoms with Gasteiger partial charge in [0.1, 0.15) is 30.5 Å². The smallest absolute Gasteiger partial charge is 0.343 e. The van der Waals surface area contributed by atoms with Crippen LogP contribution in [0.2, 0.25) is 0 Å². The van der Waals surface area contributed by atoms with Gasteiger partial charge in [0, 0.05) is 6.08 Å². The van der Waals surface area contributed by atoms with Crippen molar-refractivity contribution in [2.45, 2.75) is 19.8 Å². The second-order valence-electron chi connectivity index (χ2n) is 5.81. The second-order valence-corrected chi connectivity index (χ2v) is 5.81. The molecule has 0 atom stereocenters. The van der Waals surface area contributed by atoms with Crippen molar-refractivity contribution in [2.24, 2.45) is 0 Å². The van der Waals surface area contributed by atoms with E-state index < -0.39 is 11.9 Å². The van der Waals surface area contributed by atoms with Crippen LogP contribution in [-0.4, -0.2) is 31.8 Å². The van der Waals surface area contributed by atoms with Crippen molar-refractivity contribution < 1.29 is 28.5 Å². The molecule has 0 aliphatic rings. The summed E-state index contributed by atoms with van der Waals surface area (Å²) in [5.74, 6) is 0.777. The van der Waals surface area contributed by atoms with Crippen molar-refractivity contribution in [1.29, 1.82) is 0 Å². The van der Waals surface area contributed by atoms with Gasteiger partial charge < -0.3 is 18.9 Å². The summed E-state index contributed by atoms with van der Waals surface area (Å²) in [5.41, 5.74) is 0.397. The number of carbonyl (C=O) groups excluding carboxylic acids is 2. The van der Waals surface area contributed by atoms with Crippen LogP contribution in [0.1, 0.15) is 30.1 Å². The molecule has 0 N–H and O–H groups in total. The van der Waals surface area contributed by atoms with Crippen molar-refractivity contribution in [3.8, 4) is 17.2 Å². The zero-order chi connectivity index (χ0) is 20.2. The number of unbranched alkanes of at least 4 members (excludes halogenated alkanes) is 1. The van der Waals surface area contributed by atoms with Crippen molar-refractivity contribution in [3.63, 3.8) is 0 Å². The normalized spacial score (nSPS) is 10.0. The third-order valence-electron chi connectivity index (χ3n) is 3.65. The molecule has 0 fully saturated rings. The Morgan fingerprint density at radius 2 is 1.43 bits per heavy atom. The molecule has 2 rings (SSSR count). The Bertz CT molecular complexity index is 765. The largest absolute Gasteiger partial charge is 0.494 e. The first kappa shape index (κ1) is 21.0. The summed E-state index contributed by atoms with van der Waals surface area (Å²) in [4.78, 5) is 23.1. The molecule has 0 saturated carbocycles. The third-order valence-corrected chi connectivity index (χ3v) is 3.65. The van der Waals surface area contributed by atoms with Crippen molar-refractivity contribution >= 4 is 11.9 Å². The van der Waals surface area contributed by atoms with Gasteiger partial charge in [-0.3, -0.25) is 0 Å². The summed E-state index contributed by atoms with van der Waals surface area (Å²) in [6.07, 6.45) is 3.16. The maximum atomic E-state index is 12.2. The molecule has 0 unspecified atom stereocenters. The van der Waals surface area contributed by atoms with Gasteiger partial charge >= 0.3 is 11.9 Å². The van der Waals surface area contributed by atoms with Gasteiger partial charge in [0.25, 0.3) is 0 Å². The Morgan fingerprint density at radius 1 is 0.857 bits per heavy atom. The number of hydrogen-bond acceptors (Lipinski definition) is 6. The average molecular weight is 384 g/mol. The van der Waals surface area contributed by atoms with Gasteiger partial charge in [0.05, 0.1) is 12.2 Å². The number of carbonyl (C=O) groups is 2. The Hall–Kier alpha value is -3.28. The summed E-state index contributed by atoms with van der Waals surface area (Å²) >= 11 is 0. The van der Waals surface area contributed by atoms with Gasteiger partial charge in [-0.1, -0.05) is 19.9 Å². The zero-order valence-electron chi connectivity index (χ0n) is 15.9. The molecule has 0 saturated heterocycles. The number of ether oxygens (including phenoxy) is 4. The third kappa shape index (κ3) is 7.15. The summed E-state index contributed by atoms with van der Waals surface area (Å²) in [6.45, 7) is 6.40. The van der Waals surface area contributed by atoms with E-state index in [0.29, 0.717) is 23.7 Å². The fourth-order valence-electron chi connectivity index (χ4n) is 2.15. The standard InChI is InChI=1S/C22H24O6/c1-3-5-14-25-19-10-12-20(13-11-19)28-22(24)17-6-8-18(9-7-17)26-15-16-27-21(23)4-2/h4,6-13H,2-3,5,14-16H2,1H3. The number of esters is 2. The minimum Gasteiger partial charge on any atom is -0.494 e. The van der Waals surface area contributed by atoms with E-state index in [1.165, 1.54) is 0 Å². The Kier molecular flexibility index (Phi) is 8.59. The monoisotopic (exact) mass is 384 g/mol. The van der Waals surface area contributed by atoms with E-state index in [0.717, 1.165) is 24.7 Å². The van der Waals surface area contributed by atoms with Gasteiger partial charge in [-0.05, 0) is 55.0 Å². The highest BCUT2D eigenvalue weighted by Gasteiger charge is 2.09. The van der Waals surface area contributed by atoms with Crippen LogP contribution in [0.3, 0.4) is 0 Å². The van der Waals surface area contributed by atoms with Crippen molar-refractivity contribution in [1.82, 2.24) is 0 Å². The second kappa shape index (κ2) is 11.4. The average Bonchev–Trinajstić information content (AvgIpc) is 2.73. The van der Waals surface area contributed by atoms with Crippen LogP contribution in [0.15, 0.2) is 61.2 Å². The van der Waals surface area contributed by atoms with Gasteiger partial charge in [0.2, 0.25) is 0 Å². The fourth-order valence-corrected chi connectivity index (χ4v) is 2.15. The lowest BCUT2D eigenvalue weighted by Crippen LogP contribution is -2.11. The fraction of sp³-hybridized carbons (Fsp3) is 0.273. The predicted octanol–water partition coefficient (Wildman–Crippen LogP) is 4.19. The first-order valence-electron chi connectivity index (χ1n) is 9.09. The van der Waals surface area contributed by atoms with Gasteiger partial charge in [-0.25, -0.2) is 9.59 Å². The van der Waals surface area contributed by atoms with Crippen LogP contribution in [0.4, 0.5) is 0 Å². The lowest BCUT2D eigenvalue weighted by atomic mass is 10.2.